The van der Waals surface area contributed by atoms with Crippen molar-refractivity contribution in [3.05, 3.63) is 17.5 Å². The van der Waals surface area contributed by atoms with Gasteiger partial charge in [0, 0.05) is 32.1 Å². The number of carbonyl (C=O) groups excluding carboxylic acids is 2. The van der Waals surface area contributed by atoms with Crippen LogP contribution in [-0.4, -0.2) is 50.7 Å². The van der Waals surface area contributed by atoms with Gasteiger partial charge in [0.15, 0.2) is 0 Å². The van der Waals surface area contributed by atoms with Gasteiger partial charge in [0.2, 0.25) is 11.8 Å². The first-order valence-electron chi connectivity index (χ1n) is 10.1. The SMILES string of the molecule is O=C(NCCNC(=O)C1CCCN(S(=O)(=O)c2cccs2)C1)C1CCCCC1. The van der Waals surface area contributed by atoms with Crippen molar-refractivity contribution in [2.24, 2.45) is 11.8 Å². The summed E-state index contributed by atoms with van der Waals surface area (Å²) in [6, 6.07) is 3.31. The monoisotopic (exact) mass is 427 g/mol. The zero-order valence-corrected chi connectivity index (χ0v) is 17.7. The summed E-state index contributed by atoms with van der Waals surface area (Å²) in [4.78, 5) is 24.6. The predicted molar refractivity (Wildman–Crippen MR) is 108 cm³/mol. The third-order valence-electron chi connectivity index (χ3n) is 5.54. The second-order valence-corrected chi connectivity index (χ2v) is 10.7. The van der Waals surface area contributed by atoms with Crippen molar-refractivity contribution in [1.82, 2.24) is 14.9 Å². The second-order valence-electron chi connectivity index (χ2n) is 7.55. The minimum Gasteiger partial charge on any atom is -0.354 e. The highest BCUT2D eigenvalue weighted by Crippen LogP contribution is 2.26. The highest BCUT2D eigenvalue weighted by molar-refractivity contribution is 7.91. The van der Waals surface area contributed by atoms with Crippen molar-refractivity contribution in [1.29, 1.82) is 0 Å². The Hall–Kier alpha value is -1.45. The quantitative estimate of drug-likeness (QED) is 0.650. The summed E-state index contributed by atoms with van der Waals surface area (Å²) in [7, 11) is -3.52. The van der Waals surface area contributed by atoms with E-state index >= 15 is 0 Å². The van der Waals surface area contributed by atoms with Crippen molar-refractivity contribution >= 4 is 33.2 Å². The van der Waals surface area contributed by atoms with Crippen molar-refractivity contribution in [2.45, 2.75) is 49.2 Å². The third-order valence-corrected chi connectivity index (χ3v) is 8.78. The number of carbonyl (C=O) groups is 2. The molecule has 156 valence electrons. The molecule has 1 aliphatic carbocycles. The molecule has 7 nitrogen and oxygen atoms in total. The highest BCUT2D eigenvalue weighted by Gasteiger charge is 2.33. The van der Waals surface area contributed by atoms with Crippen LogP contribution in [-0.2, 0) is 19.6 Å². The molecule has 1 saturated carbocycles. The largest absolute Gasteiger partial charge is 0.354 e. The minimum atomic E-state index is -3.52. The summed E-state index contributed by atoms with van der Waals surface area (Å²) in [6.45, 7) is 1.43. The first-order chi connectivity index (χ1) is 13.5. The van der Waals surface area contributed by atoms with Crippen LogP contribution >= 0.6 is 11.3 Å². The van der Waals surface area contributed by atoms with Crippen LogP contribution in [0.3, 0.4) is 0 Å². The average molecular weight is 428 g/mol. The molecule has 9 heteroatoms. The number of amides is 2. The molecule has 1 unspecified atom stereocenters. The molecule has 1 aromatic heterocycles. The fourth-order valence-corrected chi connectivity index (χ4v) is 6.61. The molecule has 1 atom stereocenters. The molecular weight excluding hydrogens is 398 g/mol. The van der Waals surface area contributed by atoms with Crippen molar-refractivity contribution < 1.29 is 18.0 Å². The van der Waals surface area contributed by atoms with E-state index in [1.807, 2.05) is 0 Å². The fourth-order valence-electron chi connectivity index (χ4n) is 3.94. The molecule has 2 aliphatic rings. The maximum Gasteiger partial charge on any atom is 0.252 e. The Labute approximate surface area is 170 Å². The van der Waals surface area contributed by atoms with E-state index in [1.165, 1.54) is 22.1 Å². The number of thiophene rings is 1. The molecule has 2 fully saturated rings. The van der Waals surface area contributed by atoms with E-state index < -0.39 is 10.0 Å². The van der Waals surface area contributed by atoms with Crippen LogP contribution < -0.4 is 10.6 Å². The van der Waals surface area contributed by atoms with E-state index in [2.05, 4.69) is 10.6 Å². The summed E-state index contributed by atoms with van der Waals surface area (Å²) in [6.07, 6.45) is 6.69. The molecule has 0 radical (unpaired) electrons. The highest BCUT2D eigenvalue weighted by atomic mass is 32.2. The molecule has 1 saturated heterocycles. The van der Waals surface area contributed by atoms with Gasteiger partial charge in [-0.15, -0.1) is 11.3 Å². The van der Waals surface area contributed by atoms with Crippen LogP contribution in [0.2, 0.25) is 0 Å². The molecular formula is C19H29N3O4S2. The molecule has 2 N–H and O–H groups in total. The van der Waals surface area contributed by atoms with E-state index in [1.54, 1.807) is 17.5 Å². The van der Waals surface area contributed by atoms with Crippen LogP contribution in [0.15, 0.2) is 21.7 Å². The molecule has 3 rings (SSSR count). The summed E-state index contributed by atoms with van der Waals surface area (Å²) in [5.74, 6) is -0.297. The lowest BCUT2D eigenvalue weighted by Gasteiger charge is -2.30. The Morgan fingerprint density at radius 3 is 2.29 bits per heavy atom. The van der Waals surface area contributed by atoms with Crippen molar-refractivity contribution in [2.75, 3.05) is 26.2 Å². The number of rotatable bonds is 7. The van der Waals surface area contributed by atoms with E-state index in [4.69, 9.17) is 0 Å². The summed E-state index contributed by atoms with van der Waals surface area (Å²) < 4.78 is 27.1. The smallest absolute Gasteiger partial charge is 0.252 e. The lowest BCUT2D eigenvalue weighted by molar-refractivity contribution is -0.127. The molecule has 28 heavy (non-hydrogen) atoms. The molecule has 1 aliphatic heterocycles. The molecule has 0 spiro atoms. The zero-order chi connectivity index (χ0) is 20.0. The number of nitrogens with one attached hydrogen (secondary N) is 2. The number of hydrogen-bond acceptors (Lipinski definition) is 5. The van der Waals surface area contributed by atoms with E-state index in [-0.39, 0.29) is 30.2 Å². The van der Waals surface area contributed by atoms with Gasteiger partial charge in [-0.25, -0.2) is 8.42 Å². The maximum atomic E-state index is 12.7. The zero-order valence-electron chi connectivity index (χ0n) is 16.1. The third kappa shape index (κ3) is 5.33. The molecule has 0 aromatic carbocycles. The van der Waals surface area contributed by atoms with Crippen LogP contribution in [0, 0.1) is 11.8 Å². The Morgan fingerprint density at radius 2 is 1.64 bits per heavy atom. The minimum absolute atomic E-state index is 0.0832. The van der Waals surface area contributed by atoms with Crippen LogP contribution in [0.4, 0.5) is 0 Å². The lowest BCUT2D eigenvalue weighted by atomic mass is 9.89. The van der Waals surface area contributed by atoms with E-state index in [0.29, 0.717) is 36.7 Å². The molecule has 1 aromatic rings. The first-order valence-corrected chi connectivity index (χ1v) is 12.4. The molecule has 0 bridgehead atoms. The standard InChI is InChI=1S/C19H29N3O4S2/c23-18(15-6-2-1-3-7-15)20-10-11-21-19(24)16-8-4-12-22(14-16)28(25,26)17-9-5-13-27-17/h5,9,13,15-16H,1-4,6-8,10-12,14H2,(H,20,23)(H,21,24). The molecule has 2 heterocycles. The van der Waals surface area contributed by atoms with E-state index in [9.17, 15) is 18.0 Å². The van der Waals surface area contributed by atoms with Crippen LogP contribution in [0.1, 0.15) is 44.9 Å². The van der Waals surface area contributed by atoms with Gasteiger partial charge < -0.3 is 10.6 Å². The van der Waals surface area contributed by atoms with Gasteiger partial charge in [-0.3, -0.25) is 9.59 Å². The van der Waals surface area contributed by atoms with Gasteiger partial charge >= 0.3 is 0 Å². The Bertz CT molecular complexity index is 758. The predicted octanol–water partition coefficient (Wildman–Crippen LogP) is 1.96. The van der Waals surface area contributed by atoms with Gasteiger partial charge in [0.25, 0.3) is 10.0 Å². The van der Waals surface area contributed by atoms with Crippen molar-refractivity contribution in [3.63, 3.8) is 0 Å². The number of piperidine rings is 1. The molecule has 2 amide bonds. The maximum absolute atomic E-state index is 12.7. The Balaban J connectivity index is 1.42. The summed E-state index contributed by atoms with van der Waals surface area (Å²) in [5, 5.41) is 7.49. The Kier molecular flexibility index (Phi) is 7.48. The average Bonchev–Trinajstić information content (AvgIpc) is 3.27. The normalized spacial score (nSPS) is 21.9. The van der Waals surface area contributed by atoms with Gasteiger partial charge in [-0.05, 0) is 37.1 Å². The Morgan fingerprint density at radius 1 is 1.00 bits per heavy atom. The topological polar surface area (TPSA) is 95.6 Å². The summed E-state index contributed by atoms with van der Waals surface area (Å²) in [5.41, 5.74) is 0. The van der Waals surface area contributed by atoms with Gasteiger partial charge in [-0.2, -0.15) is 4.31 Å². The second kappa shape index (κ2) is 9.84. The number of sulfonamides is 1. The van der Waals surface area contributed by atoms with Crippen LogP contribution in [0.25, 0.3) is 0 Å². The number of nitrogens with zero attached hydrogens (tertiary/aromatic N) is 1. The van der Waals surface area contributed by atoms with Crippen LogP contribution in [0.5, 0.6) is 0 Å². The van der Waals surface area contributed by atoms with Gasteiger partial charge in [0.05, 0.1) is 5.92 Å². The van der Waals surface area contributed by atoms with Gasteiger partial charge in [-0.1, -0.05) is 25.3 Å². The lowest BCUT2D eigenvalue weighted by Crippen LogP contribution is -2.46. The fraction of sp³-hybridized carbons (Fsp3) is 0.684. The summed E-state index contributed by atoms with van der Waals surface area (Å²) >= 11 is 1.19. The number of hydrogen-bond donors (Lipinski definition) is 2. The van der Waals surface area contributed by atoms with E-state index in [0.717, 1.165) is 25.7 Å². The van der Waals surface area contributed by atoms with Gasteiger partial charge in [0.1, 0.15) is 4.21 Å². The first kappa shape index (κ1) is 21.3. The van der Waals surface area contributed by atoms with Crippen molar-refractivity contribution in [3.8, 4) is 0 Å².